The van der Waals surface area contributed by atoms with E-state index in [1.165, 1.54) is 13.0 Å². The van der Waals surface area contributed by atoms with E-state index in [1.807, 2.05) is 0 Å². The predicted octanol–water partition coefficient (Wildman–Crippen LogP) is 3.34. The molecule has 5 nitrogen and oxygen atoms in total. The summed E-state index contributed by atoms with van der Waals surface area (Å²) in [6, 6.07) is 6.68. The largest absolute Gasteiger partial charge is 0.392 e. The second-order valence-electron chi connectivity index (χ2n) is 5.92. The number of fused-ring (bicyclic) bond motifs is 3. The molecule has 0 bridgehead atoms. The number of nitrogens with zero attached hydrogens (tertiary/aromatic N) is 3. The van der Waals surface area contributed by atoms with E-state index in [0.717, 1.165) is 36.9 Å². The van der Waals surface area contributed by atoms with Gasteiger partial charge < -0.3 is 4.74 Å². The molecule has 1 aliphatic carbocycles. The molecule has 3 aromatic rings. The van der Waals surface area contributed by atoms with Crippen LogP contribution in [0.4, 0.5) is 4.39 Å². The Balaban J connectivity index is 1.96. The highest BCUT2D eigenvalue weighted by atomic mass is 19.1. The molecule has 4 rings (SSSR count). The lowest BCUT2D eigenvalue weighted by atomic mass is 9.97. The Kier molecular flexibility index (Phi) is 3.52. The topological polar surface area (TPSA) is 56.5 Å². The molecule has 1 aliphatic rings. The lowest BCUT2D eigenvalue weighted by Gasteiger charge is -2.16. The number of imidazole rings is 1. The molecule has 2 heterocycles. The molecule has 0 unspecified atom stereocenters. The highest BCUT2D eigenvalue weighted by molar-refractivity contribution is 5.70. The first-order valence-electron chi connectivity index (χ1n) is 7.97. The molecular weight excluding hydrogens is 309 g/mol. The summed E-state index contributed by atoms with van der Waals surface area (Å²) in [6.07, 6.45) is 5.51. The van der Waals surface area contributed by atoms with Gasteiger partial charge in [0.25, 0.3) is 0 Å². The zero-order valence-corrected chi connectivity index (χ0v) is 13.3. The number of ether oxygens (including phenoxy) is 1. The van der Waals surface area contributed by atoms with E-state index in [-0.39, 0.29) is 11.8 Å². The normalized spacial score (nSPS) is 13.8. The monoisotopic (exact) mass is 325 g/mol. The van der Waals surface area contributed by atoms with Gasteiger partial charge in [-0.05, 0) is 37.8 Å². The quantitative estimate of drug-likeness (QED) is 0.678. The van der Waals surface area contributed by atoms with Crippen molar-refractivity contribution in [3.63, 3.8) is 0 Å². The summed E-state index contributed by atoms with van der Waals surface area (Å²) < 4.78 is 21.0. The smallest absolute Gasteiger partial charge is 0.310 e. The summed E-state index contributed by atoms with van der Waals surface area (Å²) in [5.74, 6) is -0.780. The van der Waals surface area contributed by atoms with E-state index in [9.17, 15) is 9.18 Å². The second-order valence-corrected chi connectivity index (χ2v) is 5.92. The van der Waals surface area contributed by atoms with Crippen LogP contribution >= 0.6 is 0 Å². The highest BCUT2D eigenvalue weighted by Gasteiger charge is 2.21. The molecule has 24 heavy (non-hydrogen) atoms. The molecule has 1 aromatic carbocycles. The maximum absolute atomic E-state index is 14.1. The molecular formula is C18H16FN3O2. The number of halogens is 1. The summed E-state index contributed by atoms with van der Waals surface area (Å²) in [6.45, 7) is 1.33. The van der Waals surface area contributed by atoms with Crippen molar-refractivity contribution in [3.05, 3.63) is 47.5 Å². The Morgan fingerprint density at radius 1 is 1.21 bits per heavy atom. The standard InChI is InChI=1S/C18H16FN3O2/c1-11(23)24-18-21-15-9-5-3-7-13(15)17-20-16(10-22(17)18)12-6-2-4-8-14(12)19/h2,4,6,8,10H,3,5,7,9H2,1H3. The van der Waals surface area contributed by atoms with Crippen LogP contribution in [0.15, 0.2) is 30.5 Å². The number of carbonyl (C=O) groups excluding carboxylic acids is 1. The Hall–Kier alpha value is -2.76. The van der Waals surface area contributed by atoms with Gasteiger partial charge in [-0.3, -0.25) is 9.20 Å². The van der Waals surface area contributed by atoms with Crippen molar-refractivity contribution in [1.29, 1.82) is 0 Å². The van der Waals surface area contributed by atoms with Crippen LogP contribution in [-0.2, 0) is 17.6 Å². The van der Waals surface area contributed by atoms with Crippen molar-refractivity contribution in [1.82, 2.24) is 14.4 Å². The molecule has 0 spiro atoms. The van der Waals surface area contributed by atoms with E-state index >= 15 is 0 Å². The zero-order valence-electron chi connectivity index (χ0n) is 13.3. The van der Waals surface area contributed by atoms with Crippen LogP contribution in [0.25, 0.3) is 16.9 Å². The molecule has 0 saturated heterocycles. The fraction of sp³-hybridized carbons (Fsp3) is 0.278. The van der Waals surface area contributed by atoms with Gasteiger partial charge in [0, 0.05) is 24.2 Å². The molecule has 0 fully saturated rings. The van der Waals surface area contributed by atoms with Crippen LogP contribution in [0.3, 0.4) is 0 Å². The SMILES string of the molecule is CC(=O)Oc1nc2c(c3nc(-c4ccccc4F)cn13)CCCC2. The Morgan fingerprint density at radius 3 is 2.79 bits per heavy atom. The fourth-order valence-electron chi connectivity index (χ4n) is 3.16. The van der Waals surface area contributed by atoms with Crippen molar-refractivity contribution >= 4 is 11.6 Å². The lowest BCUT2D eigenvalue weighted by Crippen LogP contribution is -2.13. The summed E-state index contributed by atoms with van der Waals surface area (Å²) in [5, 5.41) is 0. The summed E-state index contributed by atoms with van der Waals surface area (Å²) in [7, 11) is 0. The molecule has 0 atom stereocenters. The maximum Gasteiger partial charge on any atom is 0.310 e. The number of hydrogen-bond acceptors (Lipinski definition) is 4. The van der Waals surface area contributed by atoms with E-state index in [4.69, 9.17) is 4.74 Å². The number of rotatable bonds is 2. The number of esters is 1. The van der Waals surface area contributed by atoms with Gasteiger partial charge in [0.2, 0.25) is 0 Å². The summed E-state index contributed by atoms with van der Waals surface area (Å²) >= 11 is 0. The van der Waals surface area contributed by atoms with Crippen LogP contribution in [0.5, 0.6) is 6.01 Å². The van der Waals surface area contributed by atoms with Crippen LogP contribution in [0, 0.1) is 5.82 Å². The second kappa shape index (κ2) is 5.70. The van der Waals surface area contributed by atoms with Gasteiger partial charge in [-0.15, -0.1) is 0 Å². The Bertz CT molecular complexity index is 949. The van der Waals surface area contributed by atoms with Gasteiger partial charge in [-0.1, -0.05) is 12.1 Å². The van der Waals surface area contributed by atoms with Crippen molar-refractivity contribution < 1.29 is 13.9 Å². The van der Waals surface area contributed by atoms with Gasteiger partial charge in [-0.25, -0.2) is 14.4 Å². The van der Waals surface area contributed by atoms with Crippen LogP contribution in [-0.4, -0.2) is 20.3 Å². The minimum atomic E-state index is -0.444. The summed E-state index contributed by atoms with van der Waals surface area (Å²) in [4.78, 5) is 20.5. The average Bonchev–Trinajstić information content (AvgIpc) is 3.00. The average molecular weight is 325 g/mol. The zero-order chi connectivity index (χ0) is 16.7. The lowest BCUT2D eigenvalue weighted by molar-refractivity contribution is -0.132. The minimum absolute atomic E-state index is 0.188. The van der Waals surface area contributed by atoms with Gasteiger partial charge in [0.05, 0.1) is 11.4 Å². The van der Waals surface area contributed by atoms with E-state index in [1.54, 1.807) is 28.8 Å². The predicted molar refractivity (Wildman–Crippen MR) is 86.3 cm³/mol. The Labute approximate surface area is 138 Å². The Morgan fingerprint density at radius 2 is 2.00 bits per heavy atom. The molecule has 0 saturated carbocycles. The highest BCUT2D eigenvalue weighted by Crippen LogP contribution is 2.30. The number of hydrogen-bond donors (Lipinski definition) is 0. The first kappa shape index (κ1) is 14.8. The van der Waals surface area contributed by atoms with Crippen LogP contribution in [0.2, 0.25) is 0 Å². The van der Waals surface area contributed by atoms with Gasteiger partial charge in [-0.2, -0.15) is 0 Å². The third-order valence-corrected chi connectivity index (χ3v) is 4.24. The number of carbonyl (C=O) groups is 1. The van der Waals surface area contributed by atoms with Gasteiger partial charge in [0.15, 0.2) is 0 Å². The fourth-order valence-corrected chi connectivity index (χ4v) is 3.16. The third-order valence-electron chi connectivity index (χ3n) is 4.24. The number of benzene rings is 1. The van der Waals surface area contributed by atoms with Crippen molar-refractivity contribution in [2.45, 2.75) is 32.6 Å². The van der Waals surface area contributed by atoms with E-state index in [2.05, 4.69) is 9.97 Å². The molecule has 0 amide bonds. The molecule has 6 heteroatoms. The van der Waals surface area contributed by atoms with Gasteiger partial charge in [0.1, 0.15) is 11.5 Å². The first-order chi connectivity index (χ1) is 11.6. The van der Waals surface area contributed by atoms with E-state index in [0.29, 0.717) is 16.9 Å². The molecule has 0 aliphatic heterocycles. The molecule has 122 valence electrons. The minimum Gasteiger partial charge on any atom is -0.392 e. The maximum atomic E-state index is 14.1. The third kappa shape index (κ3) is 2.44. The van der Waals surface area contributed by atoms with Crippen LogP contribution < -0.4 is 4.74 Å². The first-order valence-corrected chi connectivity index (χ1v) is 7.97. The van der Waals surface area contributed by atoms with Gasteiger partial charge >= 0.3 is 12.0 Å². The molecule has 0 radical (unpaired) electrons. The number of aromatic nitrogens is 3. The van der Waals surface area contributed by atoms with Crippen molar-refractivity contribution in [2.24, 2.45) is 0 Å². The van der Waals surface area contributed by atoms with Crippen molar-refractivity contribution in [3.8, 4) is 17.3 Å². The van der Waals surface area contributed by atoms with E-state index < -0.39 is 5.97 Å². The van der Waals surface area contributed by atoms with Crippen LogP contribution in [0.1, 0.15) is 31.0 Å². The molecule has 0 N–H and O–H groups in total. The van der Waals surface area contributed by atoms with Crippen molar-refractivity contribution in [2.75, 3.05) is 0 Å². The molecule has 2 aromatic heterocycles. The number of aryl methyl sites for hydroxylation is 2. The summed E-state index contributed by atoms with van der Waals surface area (Å²) in [5.41, 5.74) is 3.58.